The first kappa shape index (κ1) is 16.5. The zero-order valence-corrected chi connectivity index (χ0v) is 15.3. The van der Waals surface area contributed by atoms with E-state index < -0.39 is 0 Å². The molecular weight excluding hydrogens is 357 g/mol. The second-order valence-corrected chi connectivity index (χ2v) is 7.16. The SMILES string of the molecule is Cc1cccc(OCc2c(-c3c(Cl)cccc3Cl)noc2C2CC2)c1. The minimum atomic E-state index is 0.371. The van der Waals surface area contributed by atoms with E-state index in [2.05, 4.69) is 5.16 Å². The lowest BCUT2D eigenvalue weighted by molar-refractivity contribution is 0.300. The molecule has 0 spiro atoms. The molecule has 1 aliphatic rings. The van der Waals surface area contributed by atoms with Crippen molar-refractivity contribution < 1.29 is 9.26 Å². The monoisotopic (exact) mass is 373 g/mol. The Bertz CT molecular complexity index is 896. The highest BCUT2D eigenvalue weighted by Crippen LogP contribution is 2.46. The molecule has 5 heteroatoms. The number of aromatic nitrogens is 1. The third-order valence-electron chi connectivity index (χ3n) is 4.34. The number of rotatable bonds is 5. The van der Waals surface area contributed by atoms with Crippen molar-refractivity contribution in [2.75, 3.05) is 0 Å². The first-order chi connectivity index (χ1) is 12.1. The lowest BCUT2D eigenvalue weighted by Crippen LogP contribution is -2.00. The van der Waals surface area contributed by atoms with Gasteiger partial charge in [0.05, 0.1) is 15.6 Å². The van der Waals surface area contributed by atoms with Gasteiger partial charge in [0.1, 0.15) is 23.8 Å². The van der Waals surface area contributed by atoms with E-state index in [4.69, 9.17) is 32.5 Å². The van der Waals surface area contributed by atoms with Crippen LogP contribution in [0.3, 0.4) is 0 Å². The van der Waals surface area contributed by atoms with Gasteiger partial charge in [0.25, 0.3) is 0 Å². The molecule has 1 saturated carbocycles. The van der Waals surface area contributed by atoms with Crippen LogP contribution < -0.4 is 4.74 Å². The fraction of sp³-hybridized carbons (Fsp3) is 0.250. The van der Waals surface area contributed by atoms with E-state index in [9.17, 15) is 0 Å². The molecule has 0 aliphatic heterocycles. The van der Waals surface area contributed by atoms with E-state index >= 15 is 0 Å². The van der Waals surface area contributed by atoms with Gasteiger partial charge in [-0.05, 0) is 49.6 Å². The number of nitrogens with zero attached hydrogens (tertiary/aromatic N) is 1. The minimum Gasteiger partial charge on any atom is -0.489 e. The number of halogens is 2. The van der Waals surface area contributed by atoms with Crippen LogP contribution in [0.5, 0.6) is 5.75 Å². The van der Waals surface area contributed by atoms with Crippen LogP contribution in [0.25, 0.3) is 11.3 Å². The Morgan fingerprint density at radius 1 is 1.12 bits per heavy atom. The Morgan fingerprint density at radius 2 is 1.84 bits per heavy atom. The maximum absolute atomic E-state index is 6.37. The Hall–Kier alpha value is -1.97. The van der Waals surface area contributed by atoms with Gasteiger partial charge in [-0.3, -0.25) is 0 Å². The smallest absolute Gasteiger partial charge is 0.147 e. The van der Waals surface area contributed by atoms with Crippen molar-refractivity contribution in [1.82, 2.24) is 5.16 Å². The molecule has 0 amide bonds. The van der Waals surface area contributed by atoms with Gasteiger partial charge in [0.2, 0.25) is 0 Å². The van der Waals surface area contributed by atoms with Gasteiger partial charge >= 0.3 is 0 Å². The van der Waals surface area contributed by atoms with Crippen LogP contribution in [-0.4, -0.2) is 5.16 Å². The summed E-state index contributed by atoms with van der Waals surface area (Å²) in [7, 11) is 0. The van der Waals surface area contributed by atoms with Crippen molar-refractivity contribution in [2.45, 2.75) is 32.3 Å². The van der Waals surface area contributed by atoms with Crippen LogP contribution in [0.15, 0.2) is 47.0 Å². The summed E-state index contributed by atoms with van der Waals surface area (Å²) in [4.78, 5) is 0. The molecule has 0 N–H and O–H groups in total. The standard InChI is InChI=1S/C20H17Cl2NO2/c1-12-4-2-5-14(10-12)24-11-15-19(23-25-20(15)13-8-9-13)18-16(21)6-3-7-17(18)22/h2-7,10,13H,8-9,11H2,1H3. The lowest BCUT2D eigenvalue weighted by atomic mass is 10.0. The van der Waals surface area contributed by atoms with Crippen LogP contribution in [0.1, 0.15) is 35.6 Å². The summed E-state index contributed by atoms with van der Waals surface area (Å²) >= 11 is 12.7. The third-order valence-corrected chi connectivity index (χ3v) is 4.97. The molecule has 0 radical (unpaired) electrons. The number of aryl methyl sites for hydroxylation is 1. The van der Waals surface area contributed by atoms with Gasteiger partial charge < -0.3 is 9.26 Å². The molecule has 0 atom stereocenters. The van der Waals surface area contributed by atoms with E-state index in [1.54, 1.807) is 12.1 Å². The predicted octanol–water partition coefficient (Wildman–Crippen LogP) is 6.41. The van der Waals surface area contributed by atoms with Crippen molar-refractivity contribution in [3.05, 3.63) is 69.4 Å². The molecule has 0 unspecified atom stereocenters. The zero-order valence-electron chi connectivity index (χ0n) is 13.8. The van der Waals surface area contributed by atoms with Crippen LogP contribution in [-0.2, 0) is 6.61 Å². The number of hydrogen-bond donors (Lipinski definition) is 0. The fourth-order valence-electron chi connectivity index (χ4n) is 2.91. The molecule has 128 valence electrons. The van der Waals surface area contributed by atoms with Crippen LogP contribution in [0.2, 0.25) is 10.0 Å². The quantitative estimate of drug-likeness (QED) is 0.517. The van der Waals surface area contributed by atoms with Crippen molar-refractivity contribution in [3.63, 3.8) is 0 Å². The fourth-order valence-corrected chi connectivity index (χ4v) is 3.49. The van der Waals surface area contributed by atoms with Crippen LogP contribution in [0, 0.1) is 6.92 Å². The topological polar surface area (TPSA) is 35.3 Å². The first-order valence-electron chi connectivity index (χ1n) is 8.26. The Morgan fingerprint density at radius 3 is 2.52 bits per heavy atom. The first-order valence-corrected chi connectivity index (χ1v) is 9.01. The highest BCUT2D eigenvalue weighted by molar-refractivity contribution is 6.39. The van der Waals surface area contributed by atoms with E-state index in [1.807, 2.05) is 37.3 Å². The number of benzene rings is 2. The molecule has 2 aromatic carbocycles. The van der Waals surface area contributed by atoms with Gasteiger partial charge in [-0.1, -0.05) is 46.6 Å². The molecule has 4 rings (SSSR count). The molecule has 0 bridgehead atoms. The average molecular weight is 374 g/mol. The maximum atomic E-state index is 6.37. The molecule has 0 saturated heterocycles. The van der Waals surface area contributed by atoms with Crippen LogP contribution >= 0.6 is 23.2 Å². The molecule has 3 aromatic rings. The van der Waals surface area contributed by atoms with Crippen molar-refractivity contribution in [1.29, 1.82) is 0 Å². The minimum absolute atomic E-state index is 0.371. The maximum Gasteiger partial charge on any atom is 0.147 e. The highest BCUT2D eigenvalue weighted by atomic mass is 35.5. The second kappa shape index (κ2) is 6.74. The molecule has 25 heavy (non-hydrogen) atoms. The largest absolute Gasteiger partial charge is 0.489 e. The third kappa shape index (κ3) is 3.39. The molecule has 1 aromatic heterocycles. The summed E-state index contributed by atoms with van der Waals surface area (Å²) < 4.78 is 11.7. The van der Waals surface area contributed by atoms with E-state index in [-0.39, 0.29) is 0 Å². The summed E-state index contributed by atoms with van der Waals surface area (Å²) in [6.07, 6.45) is 2.23. The molecule has 1 heterocycles. The Kier molecular flexibility index (Phi) is 4.45. The zero-order chi connectivity index (χ0) is 17.4. The van der Waals surface area contributed by atoms with Gasteiger partial charge in [0, 0.05) is 11.5 Å². The number of ether oxygens (including phenoxy) is 1. The molecule has 3 nitrogen and oxygen atoms in total. The summed E-state index contributed by atoms with van der Waals surface area (Å²) in [5.74, 6) is 2.12. The molecule has 1 fully saturated rings. The average Bonchev–Trinajstić information content (AvgIpc) is 3.34. The highest BCUT2D eigenvalue weighted by Gasteiger charge is 2.33. The van der Waals surface area contributed by atoms with E-state index in [0.29, 0.717) is 33.8 Å². The van der Waals surface area contributed by atoms with Crippen molar-refractivity contribution >= 4 is 23.2 Å². The molecular formula is C20H17Cl2NO2. The summed E-state index contributed by atoms with van der Waals surface area (Å²) in [6, 6.07) is 13.4. The Labute approximate surface area is 156 Å². The van der Waals surface area contributed by atoms with Gasteiger partial charge in [0.15, 0.2) is 0 Å². The normalized spacial score (nSPS) is 13.9. The number of hydrogen-bond acceptors (Lipinski definition) is 3. The van der Waals surface area contributed by atoms with Gasteiger partial charge in [-0.15, -0.1) is 0 Å². The van der Waals surface area contributed by atoms with Gasteiger partial charge in [-0.25, -0.2) is 0 Å². The van der Waals surface area contributed by atoms with Crippen molar-refractivity contribution in [3.8, 4) is 17.0 Å². The second-order valence-electron chi connectivity index (χ2n) is 6.35. The lowest BCUT2D eigenvalue weighted by Gasteiger charge is -2.10. The summed E-state index contributed by atoms with van der Waals surface area (Å²) in [5.41, 5.74) is 3.45. The van der Waals surface area contributed by atoms with E-state index in [0.717, 1.165) is 35.5 Å². The van der Waals surface area contributed by atoms with Gasteiger partial charge in [-0.2, -0.15) is 0 Å². The molecule has 1 aliphatic carbocycles. The van der Waals surface area contributed by atoms with Crippen LogP contribution in [0.4, 0.5) is 0 Å². The Balaban J connectivity index is 1.71. The predicted molar refractivity (Wildman–Crippen MR) is 99.4 cm³/mol. The van der Waals surface area contributed by atoms with Crippen molar-refractivity contribution in [2.24, 2.45) is 0 Å². The summed E-state index contributed by atoms with van der Waals surface area (Å²) in [5, 5.41) is 5.39. The van der Waals surface area contributed by atoms with E-state index in [1.165, 1.54) is 0 Å². The summed E-state index contributed by atoms with van der Waals surface area (Å²) in [6.45, 7) is 2.41.